The third-order valence-electron chi connectivity index (χ3n) is 3.82. The monoisotopic (exact) mass is 265 g/mol. The molecule has 0 radical (unpaired) electrons. The largest absolute Gasteiger partial charge is 0.377 e. The van der Waals surface area contributed by atoms with Gasteiger partial charge < -0.3 is 15.4 Å². The lowest BCUT2D eigenvalue weighted by Crippen LogP contribution is -2.54. The zero-order valence-corrected chi connectivity index (χ0v) is 11.4. The number of piperazine rings is 1. The molecule has 0 saturated carbocycles. The van der Waals surface area contributed by atoms with Gasteiger partial charge in [0.1, 0.15) is 0 Å². The Morgan fingerprint density at radius 3 is 2.74 bits per heavy atom. The SMILES string of the molecule is C#CCC(N)C(=O)N1CCN(CC2CCCO2)CC1. The number of rotatable bonds is 4. The van der Waals surface area contributed by atoms with E-state index in [1.54, 1.807) is 0 Å². The topological polar surface area (TPSA) is 58.8 Å². The van der Waals surface area contributed by atoms with Crippen LogP contribution in [0.15, 0.2) is 0 Å². The predicted molar refractivity (Wildman–Crippen MR) is 73.4 cm³/mol. The molecule has 2 aliphatic rings. The van der Waals surface area contributed by atoms with Gasteiger partial charge in [-0.05, 0) is 12.8 Å². The number of carbonyl (C=O) groups excluding carboxylic acids is 1. The zero-order valence-electron chi connectivity index (χ0n) is 11.4. The van der Waals surface area contributed by atoms with Crippen molar-refractivity contribution in [2.24, 2.45) is 5.73 Å². The third kappa shape index (κ3) is 3.93. The standard InChI is InChI=1S/C14H23N3O2/c1-2-4-13(15)14(18)17-8-6-16(7-9-17)11-12-5-3-10-19-12/h1,12-13H,3-11,15H2. The quantitative estimate of drug-likeness (QED) is 0.707. The average Bonchev–Trinajstić information content (AvgIpc) is 2.92. The van der Waals surface area contributed by atoms with Crippen molar-refractivity contribution in [2.45, 2.75) is 31.4 Å². The molecule has 0 bridgehead atoms. The van der Waals surface area contributed by atoms with E-state index in [4.69, 9.17) is 16.9 Å². The number of hydrogen-bond donors (Lipinski definition) is 1. The lowest BCUT2D eigenvalue weighted by Gasteiger charge is -2.36. The molecule has 2 saturated heterocycles. The highest BCUT2D eigenvalue weighted by molar-refractivity contribution is 5.82. The van der Waals surface area contributed by atoms with Crippen LogP contribution in [0.4, 0.5) is 0 Å². The molecule has 0 aromatic carbocycles. The van der Waals surface area contributed by atoms with E-state index in [0.717, 1.165) is 45.8 Å². The number of terminal acetylenes is 1. The van der Waals surface area contributed by atoms with Gasteiger partial charge in [0.15, 0.2) is 0 Å². The third-order valence-corrected chi connectivity index (χ3v) is 3.82. The Kier molecular flexibility index (Phi) is 5.20. The van der Waals surface area contributed by atoms with E-state index in [9.17, 15) is 4.79 Å². The predicted octanol–water partition coefficient (Wildman–Crippen LogP) is -0.340. The summed E-state index contributed by atoms with van der Waals surface area (Å²) in [6.45, 7) is 5.15. The van der Waals surface area contributed by atoms with Crippen LogP contribution in [-0.4, -0.2) is 67.2 Å². The van der Waals surface area contributed by atoms with Gasteiger partial charge in [-0.1, -0.05) is 0 Å². The molecule has 106 valence electrons. The zero-order chi connectivity index (χ0) is 13.7. The summed E-state index contributed by atoms with van der Waals surface area (Å²) in [4.78, 5) is 16.2. The number of hydrogen-bond acceptors (Lipinski definition) is 4. The molecule has 5 heteroatoms. The minimum atomic E-state index is -0.547. The molecule has 2 fully saturated rings. The molecule has 2 aliphatic heterocycles. The van der Waals surface area contributed by atoms with Crippen molar-refractivity contribution >= 4 is 5.91 Å². The second kappa shape index (κ2) is 6.90. The van der Waals surface area contributed by atoms with Crippen LogP contribution in [0.3, 0.4) is 0 Å². The van der Waals surface area contributed by atoms with Crippen molar-refractivity contribution in [3.8, 4) is 12.3 Å². The van der Waals surface area contributed by atoms with Crippen molar-refractivity contribution in [3.63, 3.8) is 0 Å². The number of ether oxygens (including phenoxy) is 1. The van der Waals surface area contributed by atoms with Gasteiger partial charge in [0.2, 0.25) is 5.91 Å². The highest BCUT2D eigenvalue weighted by Crippen LogP contribution is 2.14. The first-order chi connectivity index (χ1) is 9.20. The second-order valence-corrected chi connectivity index (χ2v) is 5.28. The van der Waals surface area contributed by atoms with Crippen LogP contribution in [0.25, 0.3) is 0 Å². The van der Waals surface area contributed by atoms with Crippen LogP contribution in [0.2, 0.25) is 0 Å². The fourth-order valence-electron chi connectivity index (χ4n) is 2.68. The summed E-state index contributed by atoms with van der Waals surface area (Å²) in [5.41, 5.74) is 5.76. The van der Waals surface area contributed by atoms with Gasteiger partial charge in [-0.25, -0.2) is 0 Å². The van der Waals surface area contributed by atoms with Crippen LogP contribution in [-0.2, 0) is 9.53 Å². The van der Waals surface area contributed by atoms with Crippen LogP contribution in [0.1, 0.15) is 19.3 Å². The Balaban J connectivity index is 1.72. The molecular weight excluding hydrogens is 242 g/mol. The minimum absolute atomic E-state index is 0.0188. The summed E-state index contributed by atoms with van der Waals surface area (Å²) >= 11 is 0. The Morgan fingerprint density at radius 1 is 1.42 bits per heavy atom. The minimum Gasteiger partial charge on any atom is -0.377 e. The van der Waals surface area contributed by atoms with Gasteiger partial charge in [0, 0.05) is 45.8 Å². The molecule has 2 N–H and O–H groups in total. The molecule has 2 atom stereocenters. The Bertz CT molecular complexity index is 339. The Morgan fingerprint density at radius 2 is 2.16 bits per heavy atom. The molecule has 2 rings (SSSR count). The van der Waals surface area contributed by atoms with Crippen molar-refractivity contribution in [2.75, 3.05) is 39.3 Å². The summed E-state index contributed by atoms with van der Waals surface area (Å²) in [6.07, 6.45) is 8.21. The number of carbonyl (C=O) groups is 1. The van der Waals surface area contributed by atoms with Crippen LogP contribution < -0.4 is 5.73 Å². The van der Waals surface area contributed by atoms with E-state index < -0.39 is 6.04 Å². The van der Waals surface area contributed by atoms with Crippen LogP contribution >= 0.6 is 0 Å². The van der Waals surface area contributed by atoms with E-state index in [1.165, 1.54) is 6.42 Å². The first kappa shape index (κ1) is 14.3. The van der Waals surface area contributed by atoms with E-state index in [0.29, 0.717) is 12.5 Å². The molecule has 0 aromatic rings. The summed E-state index contributed by atoms with van der Waals surface area (Å²) in [6, 6.07) is -0.547. The van der Waals surface area contributed by atoms with E-state index >= 15 is 0 Å². The molecule has 19 heavy (non-hydrogen) atoms. The maximum atomic E-state index is 12.0. The van der Waals surface area contributed by atoms with E-state index in [1.807, 2.05) is 4.90 Å². The van der Waals surface area contributed by atoms with Gasteiger partial charge >= 0.3 is 0 Å². The van der Waals surface area contributed by atoms with Gasteiger partial charge in [0.25, 0.3) is 0 Å². The highest BCUT2D eigenvalue weighted by Gasteiger charge is 2.26. The van der Waals surface area contributed by atoms with Crippen LogP contribution in [0, 0.1) is 12.3 Å². The summed E-state index contributed by atoms with van der Waals surface area (Å²) in [5.74, 6) is 2.43. The van der Waals surface area contributed by atoms with Crippen LogP contribution in [0.5, 0.6) is 0 Å². The maximum Gasteiger partial charge on any atom is 0.240 e. The average molecular weight is 265 g/mol. The van der Waals surface area contributed by atoms with Gasteiger partial charge in [-0.3, -0.25) is 9.69 Å². The first-order valence-electron chi connectivity index (χ1n) is 7.02. The van der Waals surface area contributed by atoms with Gasteiger partial charge in [-0.2, -0.15) is 0 Å². The molecule has 5 nitrogen and oxygen atoms in total. The fraction of sp³-hybridized carbons (Fsp3) is 0.786. The summed E-state index contributed by atoms with van der Waals surface area (Å²) in [7, 11) is 0. The molecule has 0 aliphatic carbocycles. The first-order valence-corrected chi connectivity index (χ1v) is 7.02. The fourth-order valence-corrected chi connectivity index (χ4v) is 2.68. The van der Waals surface area contributed by atoms with Crippen molar-refractivity contribution in [1.29, 1.82) is 0 Å². The van der Waals surface area contributed by atoms with E-state index in [-0.39, 0.29) is 5.91 Å². The number of nitrogens with zero attached hydrogens (tertiary/aromatic N) is 2. The molecule has 1 amide bonds. The number of nitrogens with two attached hydrogens (primary N) is 1. The second-order valence-electron chi connectivity index (χ2n) is 5.28. The van der Waals surface area contributed by atoms with Crippen molar-refractivity contribution in [3.05, 3.63) is 0 Å². The molecule has 2 unspecified atom stereocenters. The molecule has 2 heterocycles. The molecule has 0 spiro atoms. The van der Waals surface area contributed by atoms with Gasteiger partial charge in [-0.15, -0.1) is 12.3 Å². The normalized spacial score (nSPS) is 26.1. The van der Waals surface area contributed by atoms with Crippen molar-refractivity contribution < 1.29 is 9.53 Å². The molecule has 0 aromatic heterocycles. The Labute approximate surface area is 115 Å². The highest BCUT2D eigenvalue weighted by atomic mass is 16.5. The lowest BCUT2D eigenvalue weighted by atomic mass is 10.1. The van der Waals surface area contributed by atoms with Gasteiger partial charge in [0.05, 0.1) is 12.1 Å². The lowest BCUT2D eigenvalue weighted by molar-refractivity contribution is -0.134. The van der Waals surface area contributed by atoms with Crippen molar-refractivity contribution in [1.82, 2.24) is 9.80 Å². The number of amides is 1. The summed E-state index contributed by atoms with van der Waals surface area (Å²) < 4.78 is 5.64. The smallest absolute Gasteiger partial charge is 0.240 e. The van der Waals surface area contributed by atoms with E-state index in [2.05, 4.69) is 10.8 Å². The maximum absolute atomic E-state index is 12.0. The summed E-state index contributed by atoms with van der Waals surface area (Å²) in [5, 5.41) is 0. The Hall–Kier alpha value is -1.09. The molecular formula is C14H23N3O2.